The lowest BCUT2D eigenvalue weighted by molar-refractivity contribution is 0.274. The van der Waals surface area contributed by atoms with Crippen molar-refractivity contribution in [2.75, 3.05) is 0 Å². The first-order chi connectivity index (χ1) is 8.90. The summed E-state index contributed by atoms with van der Waals surface area (Å²) in [5.41, 5.74) is 1.55. The van der Waals surface area contributed by atoms with E-state index >= 15 is 0 Å². The number of halogens is 4. The van der Waals surface area contributed by atoms with E-state index in [1.54, 1.807) is 11.7 Å². The summed E-state index contributed by atoms with van der Waals surface area (Å²) in [4.78, 5) is 0. The molecule has 0 aliphatic heterocycles. The SMILES string of the molecule is Cc1nn(C)c(COc2cc(Br)cc(F)c2F)c1Br. The molecule has 1 aromatic heterocycles. The summed E-state index contributed by atoms with van der Waals surface area (Å²) in [5, 5.41) is 4.19. The van der Waals surface area contributed by atoms with Crippen molar-refractivity contribution in [1.29, 1.82) is 0 Å². The van der Waals surface area contributed by atoms with Gasteiger partial charge < -0.3 is 4.74 Å². The van der Waals surface area contributed by atoms with E-state index in [2.05, 4.69) is 37.0 Å². The molecule has 102 valence electrons. The van der Waals surface area contributed by atoms with Gasteiger partial charge in [-0.25, -0.2) is 4.39 Å². The van der Waals surface area contributed by atoms with Gasteiger partial charge in [0.05, 0.1) is 15.9 Å². The number of hydrogen-bond donors (Lipinski definition) is 0. The van der Waals surface area contributed by atoms with Gasteiger partial charge in [0, 0.05) is 11.5 Å². The maximum atomic E-state index is 13.5. The molecule has 0 aliphatic carbocycles. The van der Waals surface area contributed by atoms with Crippen molar-refractivity contribution in [2.24, 2.45) is 7.05 Å². The van der Waals surface area contributed by atoms with Crippen molar-refractivity contribution < 1.29 is 13.5 Å². The highest BCUT2D eigenvalue weighted by atomic mass is 79.9. The van der Waals surface area contributed by atoms with Gasteiger partial charge >= 0.3 is 0 Å². The molecule has 0 bridgehead atoms. The second-order valence-corrected chi connectivity index (χ2v) is 5.67. The molecule has 0 radical (unpaired) electrons. The van der Waals surface area contributed by atoms with E-state index in [0.29, 0.717) is 4.47 Å². The topological polar surface area (TPSA) is 27.1 Å². The molecular weight excluding hydrogens is 386 g/mol. The van der Waals surface area contributed by atoms with Crippen LogP contribution in [0.4, 0.5) is 8.78 Å². The molecule has 0 saturated carbocycles. The van der Waals surface area contributed by atoms with E-state index in [0.717, 1.165) is 21.9 Å². The smallest absolute Gasteiger partial charge is 0.200 e. The van der Waals surface area contributed by atoms with Gasteiger partial charge in [0.1, 0.15) is 6.61 Å². The molecule has 7 heteroatoms. The van der Waals surface area contributed by atoms with Gasteiger partial charge in [-0.15, -0.1) is 0 Å². The van der Waals surface area contributed by atoms with Crippen LogP contribution in [0.1, 0.15) is 11.4 Å². The molecule has 0 amide bonds. The second-order valence-electron chi connectivity index (χ2n) is 3.96. The van der Waals surface area contributed by atoms with Gasteiger partial charge in [-0.1, -0.05) is 15.9 Å². The second kappa shape index (κ2) is 5.58. The Morgan fingerprint density at radius 2 is 2.00 bits per heavy atom. The van der Waals surface area contributed by atoms with Gasteiger partial charge in [-0.2, -0.15) is 9.49 Å². The minimum absolute atomic E-state index is 0.0880. The third kappa shape index (κ3) is 2.97. The monoisotopic (exact) mass is 394 g/mol. The van der Waals surface area contributed by atoms with E-state index in [1.807, 2.05) is 6.92 Å². The number of hydrogen-bond acceptors (Lipinski definition) is 2. The fourth-order valence-corrected chi connectivity index (χ4v) is 2.48. The molecule has 0 saturated heterocycles. The normalized spacial score (nSPS) is 10.8. The van der Waals surface area contributed by atoms with Gasteiger partial charge in [0.25, 0.3) is 0 Å². The Hall–Kier alpha value is -0.950. The quantitative estimate of drug-likeness (QED) is 0.731. The molecule has 2 rings (SSSR count). The Labute approximate surface area is 125 Å². The standard InChI is InChI=1S/C12H10Br2F2N2O/c1-6-11(14)9(18(2)17-6)5-19-10-4-7(13)3-8(15)12(10)16/h3-4H,5H2,1-2H3. The van der Waals surface area contributed by atoms with Crippen molar-refractivity contribution in [3.8, 4) is 5.75 Å². The average Bonchev–Trinajstić information content (AvgIpc) is 2.57. The van der Waals surface area contributed by atoms with Crippen LogP contribution in [0.25, 0.3) is 0 Å². The van der Waals surface area contributed by atoms with Crippen molar-refractivity contribution in [3.05, 3.63) is 44.1 Å². The molecule has 1 aromatic carbocycles. The molecule has 3 nitrogen and oxygen atoms in total. The Bertz CT molecular complexity index is 629. The van der Waals surface area contributed by atoms with E-state index in [9.17, 15) is 8.78 Å². The third-order valence-electron chi connectivity index (χ3n) is 2.59. The molecule has 1 heterocycles. The van der Waals surface area contributed by atoms with Crippen LogP contribution in [-0.2, 0) is 13.7 Å². The zero-order valence-corrected chi connectivity index (χ0v) is 13.3. The minimum Gasteiger partial charge on any atom is -0.484 e. The number of benzene rings is 1. The third-order valence-corrected chi connectivity index (χ3v) is 4.07. The number of nitrogens with zero attached hydrogens (tertiary/aromatic N) is 2. The highest BCUT2D eigenvalue weighted by molar-refractivity contribution is 9.10. The summed E-state index contributed by atoms with van der Waals surface area (Å²) in [7, 11) is 1.76. The molecule has 0 fully saturated rings. The minimum atomic E-state index is -1.00. The molecular formula is C12H10Br2F2N2O. The highest BCUT2D eigenvalue weighted by Crippen LogP contribution is 2.27. The van der Waals surface area contributed by atoms with E-state index in [4.69, 9.17) is 4.74 Å². The van der Waals surface area contributed by atoms with Crippen LogP contribution in [0.5, 0.6) is 5.75 Å². The van der Waals surface area contributed by atoms with Crippen molar-refractivity contribution in [1.82, 2.24) is 9.78 Å². The van der Waals surface area contributed by atoms with Crippen LogP contribution in [-0.4, -0.2) is 9.78 Å². The van der Waals surface area contributed by atoms with Crippen molar-refractivity contribution in [3.63, 3.8) is 0 Å². The average molecular weight is 396 g/mol. The van der Waals surface area contributed by atoms with Crippen molar-refractivity contribution in [2.45, 2.75) is 13.5 Å². The van der Waals surface area contributed by atoms with Gasteiger partial charge in [-0.3, -0.25) is 4.68 Å². The van der Waals surface area contributed by atoms with Crippen LogP contribution >= 0.6 is 31.9 Å². The summed E-state index contributed by atoms with van der Waals surface area (Å²) in [5.74, 6) is -2.10. The number of rotatable bonds is 3. The summed E-state index contributed by atoms with van der Waals surface area (Å²) < 4.78 is 34.9. The summed E-state index contributed by atoms with van der Waals surface area (Å²) in [6.07, 6.45) is 0. The number of aryl methyl sites for hydroxylation is 2. The van der Waals surface area contributed by atoms with Crippen LogP contribution in [0.2, 0.25) is 0 Å². The molecule has 0 unspecified atom stereocenters. The molecule has 2 aromatic rings. The first-order valence-electron chi connectivity index (χ1n) is 5.35. The van der Waals surface area contributed by atoms with E-state index < -0.39 is 11.6 Å². The first-order valence-corrected chi connectivity index (χ1v) is 6.94. The van der Waals surface area contributed by atoms with Crippen LogP contribution in [0.15, 0.2) is 21.1 Å². The van der Waals surface area contributed by atoms with Crippen molar-refractivity contribution >= 4 is 31.9 Å². The first kappa shape index (κ1) is 14.5. The summed E-state index contributed by atoms with van der Waals surface area (Å²) in [6, 6.07) is 2.43. The Balaban J connectivity index is 2.24. The Kier molecular flexibility index (Phi) is 4.25. The number of aromatic nitrogens is 2. The highest BCUT2D eigenvalue weighted by Gasteiger charge is 2.15. The summed E-state index contributed by atoms with van der Waals surface area (Å²) in [6.45, 7) is 1.93. The van der Waals surface area contributed by atoms with E-state index in [-0.39, 0.29) is 12.4 Å². The lowest BCUT2D eigenvalue weighted by Gasteiger charge is -2.09. The molecule has 0 atom stereocenters. The Morgan fingerprint density at radius 3 is 2.58 bits per heavy atom. The lowest BCUT2D eigenvalue weighted by Crippen LogP contribution is -2.05. The zero-order chi connectivity index (χ0) is 14.2. The molecule has 0 aliphatic rings. The zero-order valence-electron chi connectivity index (χ0n) is 10.2. The molecule has 0 N–H and O–H groups in total. The van der Waals surface area contributed by atoms with Crippen LogP contribution in [0, 0.1) is 18.6 Å². The summed E-state index contributed by atoms with van der Waals surface area (Å²) >= 11 is 6.47. The maximum Gasteiger partial charge on any atom is 0.200 e. The van der Waals surface area contributed by atoms with Crippen LogP contribution in [0.3, 0.4) is 0 Å². The van der Waals surface area contributed by atoms with Gasteiger partial charge in [0.15, 0.2) is 11.6 Å². The molecule has 19 heavy (non-hydrogen) atoms. The van der Waals surface area contributed by atoms with Crippen LogP contribution < -0.4 is 4.74 Å². The number of ether oxygens (including phenoxy) is 1. The lowest BCUT2D eigenvalue weighted by atomic mass is 10.3. The largest absolute Gasteiger partial charge is 0.484 e. The predicted octanol–water partition coefficient (Wildman–Crippen LogP) is 4.11. The predicted molar refractivity (Wildman–Crippen MR) is 74.0 cm³/mol. The fraction of sp³-hybridized carbons (Fsp3) is 0.250. The maximum absolute atomic E-state index is 13.5. The van der Waals surface area contributed by atoms with Gasteiger partial charge in [-0.05, 0) is 35.0 Å². The fourth-order valence-electron chi connectivity index (χ4n) is 1.62. The Morgan fingerprint density at radius 1 is 1.32 bits per heavy atom. The molecule has 0 spiro atoms. The van der Waals surface area contributed by atoms with E-state index in [1.165, 1.54) is 6.07 Å². The van der Waals surface area contributed by atoms with Gasteiger partial charge in [0.2, 0.25) is 5.82 Å².